The number of fused-ring (bicyclic) bond motifs is 1. The van der Waals surface area contributed by atoms with Gasteiger partial charge in [-0.05, 0) is 18.2 Å². The average molecular weight is 214 g/mol. The fourth-order valence-corrected chi connectivity index (χ4v) is 2.83. The molecule has 0 aliphatic carbocycles. The van der Waals surface area contributed by atoms with Crippen LogP contribution in [0.2, 0.25) is 0 Å². The lowest BCUT2D eigenvalue weighted by atomic mass is 10.1. The molecule has 0 unspecified atom stereocenters. The van der Waals surface area contributed by atoms with Gasteiger partial charge >= 0.3 is 0 Å². The van der Waals surface area contributed by atoms with Crippen molar-refractivity contribution in [2.45, 2.75) is 4.90 Å². The van der Waals surface area contributed by atoms with Crippen LogP contribution in [-0.4, -0.2) is 19.3 Å². The van der Waals surface area contributed by atoms with Crippen LogP contribution in [0.15, 0.2) is 29.2 Å². The van der Waals surface area contributed by atoms with Crippen LogP contribution in [-0.2, 0) is 9.84 Å². The Kier molecular flexibility index (Phi) is 1.85. The predicted octanol–water partition coefficient (Wildman–Crippen LogP) is 1.51. The molecule has 1 aliphatic heterocycles. The molecule has 0 bridgehead atoms. The molecule has 1 aromatic carbocycles. The van der Waals surface area contributed by atoms with Crippen molar-refractivity contribution in [1.29, 1.82) is 0 Å². The highest BCUT2D eigenvalue weighted by molar-refractivity contribution is 7.91. The highest BCUT2D eigenvalue weighted by atomic mass is 32.2. The van der Waals surface area contributed by atoms with Crippen LogP contribution in [0.5, 0.6) is 0 Å². The number of benzene rings is 1. The second kappa shape index (κ2) is 2.81. The summed E-state index contributed by atoms with van der Waals surface area (Å²) < 4.78 is 36.1. The molecule has 1 N–H and O–H groups in total. The Morgan fingerprint density at radius 1 is 1.36 bits per heavy atom. The van der Waals surface area contributed by atoms with Gasteiger partial charge in [-0.3, -0.25) is 0 Å². The van der Waals surface area contributed by atoms with Crippen LogP contribution in [0.4, 0.5) is 4.39 Å². The molecule has 0 saturated carbocycles. The number of hydrogen-bond acceptors (Lipinski definition) is 3. The summed E-state index contributed by atoms with van der Waals surface area (Å²) in [6.45, 7) is 0. The van der Waals surface area contributed by atoms with Gasteiger partial charge in [0.15, 0.2) is 9.84 Å². The third-order valence-corrected chi connectivity index (χ3v) is 3.69. The Morgan fingerprint density at radius 2 is 2.07 bits per heavy atom. The summed E-state index contributed by atoms with van der Waals surface area (Å²) in [6.07, 6.45) is 1.16. The third-order valence-electron chi connectivity index (χ3n) is 2.05. The summed E-state index contributed by atoms with van der Waals surface area (Å²) in [7, 11) is -3.62. The highest BCUT2D eigenvalue weighted by Crippen LogP contribution is 2.29. The third kappa shape index (κ3) is 1.21. The van der Waals surface area contributed by atoms with E-state index in [1.54, 1.807) is 0 Å². The second-order valence-corrected chi connectivity index (χ2v) is 4.96. The van der Waals surface area contributed by atoms with Crippen molar-refractivity contribution in [3.05, 3.63) is 35.7 Å². The molecule has 0 aromatic heterocycles. The van der Waals surface area contributed by atoms with Crippen LogP contribution in [0, 0.1) is 5.82 Å². The molecular weight excluding hydrogens is 207 g/mol. The molecule has 3 nitrogen and oxygen atoms in total. The smallest absolute Gasteiger partial charge is 0.185 e. The van der Waals surface area contributed by atoms with E-state index in [0.717, 1.165) is 12.1 Å². The zero-order valence-corrected chi connectivity index (χ0v) is 7.88. The number of hydrogen-bond donors (Lipinski definition) is 1. The minimum Gasteiger partial charge on any atom is -0.508 e. The molecule has 2 rings (SSSR count). The molecule has 0 fully saturated rings. The fraction of sp³-hybridized carbons (Fsp3) is 0.111. The van der Waals surface area contributed by atoms with Gasteiger partial charge in [-0.25, -0.2) is 12.8 Å². The van der Waals surface area contributed by atoms with Crippen LogP contribution in [0.25, 0.3) is 5.76 Å². The molecular formula is C9H7FO3S. The maximum atomic E-state index is 13.2. The van der Waals surface area contributed by atoms with E-state index in [2.05, 4.69) is 0 Å². The molecule has 14 heavy (non-hydrogen) atoms. The Balaban J connectivity index is 2.86. The van der Waals surface area contributed by atoms with E-state index in [1.165, 1.54) is 12.1 Å². The normalized spacial score (nSPS) is 18.5. The second-order valence-electron chi connectivity index (χ2n) is 2.99. The maximum Gasteiger partial charge on any atom is 0.185 e. The Hall–Kier alpha value is -1.36. The van der Waals surface area contributed by atoms with Crippen LogP contribution < -0.4 is 0 Å². The van der Waals surface area contributed by atoms with E-state index in [1.807, 2.05) is 0 Å². The summed E-state index contributed by atoms with van der Waals surface area (Å²) in [5, 5.41) is 9.35. The number of aliphatic hydroxyl groups excluding tert-OH is 1. The van der Waals surface area contributed by atoms with E-state index >= 15 is 0 Å². The summed E-state index contributed by atoms with van der Waals surface area (Å²) in [6, 6.07) is 3.80. The molecule has 0 amide bonds. The van der Waals surface area contributed by atoms with E-state index in [0.29, 0.717) is 0 Å². The van der Waals surface area contributed by atoms with Gasteiger partial charge in [0.05, 0.1) is 5.75 Å². The molecule has 0 atom stereocenters. The predicted molar refractivity (Wildman–Crippen MR) is 49.1 cm³/mol. The number of halogens is 1. The summed E-state index contributed by atoms with van der Waals surface area (Å²) in [4.78, 5) is -0.403. The van der Waals surface area contributed by atoms with Gasteiger partial charge in [-0.1, -0.05) is 6.07 Å². The van der Waals surface area contributed by atoms with Gasteiger partial charge in [0.25, 0.3) is 0 Å². The first-order chi connectivity index (χ1) is 6.52. The van der Waals surface area contributed by atoms with Gasteiger partial charge in [0.1, 0.15) is 16.5 Å². The summed E-state index contributed by atoms with van der Waals surface area (Å²) in [5.74, 6) is -1.36. The van der Waals surface area contributed by atoms with Gasteiger partial charge in [-0.2, -0.15) is 0 Å². The molecule has 1 aromatic rings. The van der Waals surface area contributed by atoms with Crippen molar-refractivity contribution in [2.75, 3.05) is 5.75 Å². The Labute approximate surface area is 80.4 Å². The monoisotopic (exact) mass is 214 g/mol. The topological polar surface area (TPSA) is 54.4 Å². The molecule has 5 heteroatoms. The summed E-state index contributed by atoms with van der Waals surface area (Å²) in [5.41, 5.74) is 0.0382. The van der Waals surface area contributed by atoms with Crippen LogP contribution >= 0.6 is 0 Å². The lowest BCUT2D eigenvalue weighted by molar-refractivity contribution is 0.500. The number of sulfone groups is 1. The molecule has 74 valence electrons. The standard InChI is InChI=1S/C9H7FO3S/c10-7-3-1-2-6-8(11)4-5-14(12,13)9(6)7/h1-4,11H,5H2. The first-order valence-electron chi connectivity index (χ1n) is 3.93. The molecule has 0 radical (unpaired) electrons. The van der Waals surface area contributed by atoms with Crippen molar-refractivity contribution in [1.82, 2.24) is 0 Å². The highest BCUT2D eigenvalue weighted by Gasteiger charge is 2.27. The van der Waals surface area contributed by atoms with Gasteiger partial charge in [-0.15, -0.1) is 0 Å². The van der Waals surface area contributed by atoms with E-state index in [9.17, 15) is 17.9 Å². The van der Waals surface area contributed by atoms with E-state index in [-0.39, 0.29) is 17.1 Å². The minimum absolute atomic E-state index is 0.0382. The summed E-state index contributed by atoms with van der Waals surface area (Å²) >= 11 is 0. The molecule has 1 aliphatic rings. The van der Waals surface area contributed by atoms with Crippen molar-refractivity contribution in [2.24, 2.45) is 0 Å². The first kappa shape index (κ1) is 9.21. The maximum absolute atomic E-state index is 13.2. The minimum atomic E-state index is -3.62. The van der Waals surface area contributed by atoms with Crippen molar-refractivity contribution in [3.8, 4) is 0 Å². The SMILES string of the molecule is O=S1(=O)CC=C(O)c2cccc(F)c21. The number of rotatable bonds is 0. The molecule has 1 heterocycles. The van der Waals surface area contributed by atoms with Gasteiger partial charge in [0, 0.05) is 5.56 Å². The lowest BCUT2D eigenvalue weighted by Gasteiger charge is -2.14. The van der Waals surface area contributed by atoms with E-state index < -0.39 is 20.5 Å². The van der Waals surface area contributed by atoms with Crippen molar-refractivity contribution >= 4 is 15.6 Å². The van der Waals surface area contributed by atoms with Crippen molar-refractivity contribution < 1.29 is 17.9 Å². The molecule has 0 saturated heterocycles. The van der Waals surface area contributed by atoms with E-state index in [4.69, 9.17) is 0 Å². The quantitative estimate of drug-likeness (QED) is 0.712. The van der Waals surface area contributed by atoms with Crippen molar-refractivity contribution in [3.63, 3.8) is 0 Å². The molecule has 0 spiro atoms. The fourth-order valence-electron chi connectivity index (χ4n) is 1.41. The number of aliphatic hydroxyl groups is 1. The van der Waals surface area contributed by atoms with Crippen LogP contribution in [0.1, 0.15) is 5.56 Å². The first-order valence-corrected chi connectivity index (χ1v) is 5.58. The Bertz CT molecular complexity index is 517. The zero-order chi connectivity index (χ0) is 10.3. The largest absolute Gasteiger partial charge is 0.508 e. The lowest BCUT2D eigenvalue weighted by Crippen LogP contribution is -2.14. The van der Waals surface area contributed by atoms with Gasteiger partial charge < -0.3 is 5.11 Å². The zero-order valence-electron chi connectivity index (χ0n) is 7.07. The average Bonchev–Trinajstić information content (AvgIpc) is 2.12. The van der Waals surface area contributed by atoms with Crippen LogP contribution in [0.3, 0.4) is 0 Å². The van der Waals surface area contributed by atoms with Gasteiger partial charge in [0.2, 0.25) is 0 Å². The Morgan fingerprint density at radius 3 is 2.71 bits per heavy atom.